The minimum absolute atomic E-state index is 0.0780. The standard InChI is InChI=1S/C18H24ClN3O2/c1-13-7-5-6-10-18(13)16(23)22(17(24)20-18)12-21(2)11-14-8-3-4-9-15(14)19/h3-4,8-9,13H,5-7,10-12H2,1-2H3,(H,20,24)/t13-,18-/m0/s1. The van der Waals surface area contributed by atoms with E-state index in [9.17, 15) is 9.59 Å². The second kappa shape index (κ2) is 6.73. The lowest BCUT2D eigenvalue weighted by atomic mass is 9.73. The number of rotatable bonds is 4. The number of imide groups is 1. The summed E-state index contributed by atoms with van der Waals surface area (Å²) in [6.45, 7) is 2.91. The van der Waals surface area contributed by atoms with E-state index in [1.54, 1.807) is 0 Å². The normalized spacial score (nSPS) is 27.2. The summed E-state index contributed by atoms with van der Waals surface area (Å²) in [5.41, 5.74) is 0.287. The average Bonchev–Trinajstić information content (AvgIpc) is 2.78. The van der Waals surface area contributed by atoms with Crippen molar-refractivity contribution in [1.29, 1.82) is 0 Å². The Hall–Kier alpha value is -1.59. The van der Waals surface area contributed by atoms with Crippen LogP contribution in [0.5, 0.6) is 0 Å². The summed E-state index contributed by atoms with van der Waals surface area (Å²) in [6, 6.07) is 7.34. The zero-order valence-corrected chi connectivity index (χ0v) is 15.0. The molecule has 0 aromatic heterocycles. The molecule has 3 rings (SSSR count). The summed E-state index contributed by atoms with van der Waals surface area (Å²) in [6.07, 6.45) is 3.83. The highest BCUT2D eigenvalue weighted by molar-refractivity contribution is 6.31. The molecule has 0 unspecified atom stereocenters. The number of hydrogen-bond donors (Lipinski definition) is 1. The molecule has 2 atom stereocenters. The Morgan fingerprint density at radius 3 is 2.79 bits per heavy atom. The van der Waals surface area contributed by atoms with E-state index in [0.29, 0.717) is 11.6 Å². The first-order chi connectivity index (χ1) is 11.4. The van der Waals surface area contributed by atoms with Gasteiger partial charge in [0.2, 0.25) is 0 Å². The van der Waals surface area contributed by atoms with E-state index in [4.69, 9.17) is 11.6 Å². The lowest BCUT2D eigenvalue weighted by molar-refractivity contribution is -0.135. The SMILES string of the molecule is C[C@H]1CCCC[C@]12NC(=O)N(CN(C)Cc1ccccc1Cl)C2=O. The van der Waals surface area contributed by atoms with Gasteiger partial charge in [0.25, 0.3) is 5.91 Å². The number of carbonyl (C=O) groups excluding carboxylic acids is 2. The third kappa shape index (κ3) is 3.03. The molecule has 24 heavy (non-hydrogen) atoms. The van der Waals surface area contributed by atoms with Gasteiger partial charge in [0.15, 0.2) is 0 Å². The first kappa shape index (κ1) is 17.2. The average molecular weight is 350 g/mol. The first-order valence-corrected chi connectivity index (χ1v) is 8.88. The van der Waals surface area contributed by atoms with Gasteiger partial charge >= 0.3 is 6.03 Å². The van der Waals surface area contributed by atoms with Gasteiger partial charge in [-0.1, -0.05) is 49.6 Å². The maximum absolute atomic E-state index is 12.9. The Balaban J connectivity index is 1.70. The van der Waals surface area contributed by atoms with Crippen LogP contribution >= 0.6 is 11.6 Å². The number of halogens is 1. The molecule has 5 nitrogen and oxygen atoms in total. The number of nitrogens with one attached hydrogen (secondary N) is 1. The molecule has 1 aliphatic heterocycles. The predicted octanol–water partition coefficient (Wildman–Crippen LogP) is 3.23. The molecule has 1 spiro atoms. The molecule has 1 heterocycles. The Labute approximate surface area is 147 Å². The van der Waals surface area contributed by atoms with Crippen LogP contribution < -0.4 is 5.32 Å². The molecule has 0 radical (unpaired) electrons. The quantitative estimate of drug-likeness (QED) is 0.849. The lowest BCUT2D eigenvalue weighted by Crippen LogP contribution is -2.54. The summed E-state index contributed by atoms with van der Waals surface area (Å²) < 4.78 is 0. The second-order valence-electron chi connectivity index (χ2n) is 7.03. The van der Waals surface area contributed by atoms with Crippen molar-refractivity contribution >= 4 is 23.5 Å². The van der Waals surface area contributed by atoms with Crippen LogP contribution in [-0.4, -0.2) is 41.0 Å². The highest BCUT2D eigenvalue weighted by Gasteiger charge is 2.54. The van der Waals surface area contributed by atoms with Gasteiger partial charge in [-0.25, -0.2) is 9.69 Å². The van der Waals surface area contributed by atoms with Gasteiger partial charge in [-0.05, 0) is 37.4 Å². The molecule has 1 aromatic carbocycles. The van der Waals surface area contributed by atoms with Crippen LogP contribution in [0.1, 0.15) is 38.2 Å². The fourth-order valence-corrected chi connectivity index (χ4v) is 4.03. The van der Waals surface area contributed by atoms with E-state index < -0.39 is 5.54 Å². The largest absolute Gasteiger partial charge is 0.326 e. The molecule has 130 valence electrons. The molecule has 3 amide bonds. The molecular formula is C18H24ClN3O2. The number of urea groups is 1. The van der Waals surface area contributed by atoms with Crippen LogP contribution in [0.25, 0.3) is 0 Å². The van der Waals surface area contributed by atoms with Crippen molar-refractivity contribution in [2.75, 3.05) is 13.7 Å². The van der Waals surface area contributed by atoms with E-state index in [1.165, 1.54) is 4.90 Å². The fourth-order valence-electron chi connectivity index (χ4n) is 3.83. The number of hydrogen-bond acceptors (Lipinski definition) is 3. The number of amides is 3. The Morgan fingerprint density at radius 2 is 2.08 bits per heavy atom. The van der Waals surface area contributed by atoms with E-state index >= 15 is 0 Å². The smallest absolute Gasteiger partial charge is 0.323 e. The number of nitrogens with zero attached hydrogens (tertiary/aromatic N) is 2. The van der Waals surface area contributed by atoms with Crippen molar-refractivity contribution in [3.05, 3.63) is 34.9 Å². The van der Waals surface area contributed by atoms with Crippen LogP contribution in [0.3, 0.4) is 0 Å². The van der Waals surface area contributed by atoms with Crippen molar-refractivity contribution in [3.8, 4) is 0 Å². The topological polar surface area (TPSA) is 52.7 Å². The van der Waals surface area contributed by atoms with Crippen LogP contribution in [0.2, 0.25) is 5.02 Å². The summed E-state index contributed by atoms with van der Waals surface area (Å²) >= 11 is 6.19. The van der Waals surface area contributed by atoms with Crippen molar-refractivity contribution < 1.29 is 9.59 Å². The van der Waals surface area contributed by atoms with E-state index in [0.717, 1.165) is 31.2 Å². The maximum atomic E-state index is 12.9. The molecule has 1 saturated heterocycles. The Kier molecular flexibility index (Phi) is 4.83. The van der Waals surface area contributed by atoms with Gasteiger partial charge < -0.3 is 5.32 Å². The molecule has 1 N–H and O–H groups in total. The van der Waals surface area contributed by atoms with Gasteiger partial charge in [0.05, 0.1) is 6.67 Å². The number of carbonyl (C=O) groups is 2. The third-order valence-electron chi connectivity index (χ3n) is 5.28. The second-order valence-corrected chi connectivity index (χ2v) is 7.44. The van der Waals surface area contributed by atoms with Crippen molar-refractivity contribution in [2.45, 2.75) is 44.7 Å². The van der Waals surface area contributed by atoms with Crippen LogP contribution in [0.15, 0.2) is 24.3 Å². The van der Waals surface area contributed by atoms with Gasteiger partial charge in [-0.3, -0.25) is 9.69 Å². The highest BCUT2D eigenvalue weighted by atomic mass is 35.5. The van der Waals surface area contributed by atoms with Gasteiger partial charge in [0, 0.05) is 11.6 Å². The maximum Gasteiger partial charge on any atom is 0.326 e. The fraction of sp³-hybridized carbons (Fsp3) is 0.556. The van der Waals surface area contributed by atoms with E-state index in [-0.39, 0.29) is 24.5 Å². The summed E-state index contributed by atoms with van der Waals surface area (Å²) in [5.74, 6) is 0.104. The van der Waals surface area contributed by atoms with Crippen LogP contribution in [-0.2, 0) is 11.3 Å². The van der Waals surface area contributed by atoms with Crippen molar-refractivity contribution in [1.82, 2.24) is 15.1 Å². The summed E-state index contributed by atoms with van der Waals surface area (Å²) in [4.78, 5) is 28.6. The number of benzene rings is 1. The molecule has 2 fully saturated rings. The van der Waals surface area contributed by atoms with Crippen LogP contribution in [0.4, 0.5) is 4.79 Å². The summed E-state index contributed by atoms with van der Waals surface area (Å²) in [7, 11) is 1.89. The molecule has 6 heteroatoms. The zero-order valence-electron chi connectivity index (χ0n) is 14.2. The van der Waals surface area contributed by atoms with Crippen LogP contribution in [0, 0.1) is 5.92 Å². The Morgan fingerprint density at radius 1 is 1.33 bits per heavy atom. The molecule has 1 aromatic rings. The monoisotopic (exact) mass is 349 g/mol. The van der Waals surface area contributed by atoms with Gasteiger partial charge in [-0.15, -0.1) is 0 Å². The third-order valence-corrected chi connectivity index (χ3v) is 5.65. The minimum atomic E-state index is -0.694. The van der Waals surface area contributed by atoms with Gasteiger partial charge in [-0.2, -0.15) is 0 Å². The minimum Gasteiger partial charge on any atom is -0.323 e. The zero-order chi connectivity index (χ0) is 17.3. The predicted molar refractivity (Wildman–Crippen MR) is 93.5 cm³/mol. The van der Waals surface area contributed by atoms with Crippen molar-refractivity contribution in [3.63, 3.8) is 0 Å². The van der Waals surface area contributed by atoms with E-state index in [1.807, 2.05) is 36.2 Å². The molecule has 1 saturated carbocycles. The summed E-state index contributed by atoms with van der Waals surface area (Å²) in [5, 5.41) is 3.68. The highest BCUT2D eigenvalue weighted by Crippen LogP contribution is 2.38. The molecule has 1 aliphatic carbocycles. The Bertz CT molecular complexity index is 651. The van der Waals surface area contributed by atoms with Crippen molar-refractivity contribution in [2.24, 2.45) is 5.92 Å². The molecular weight excluding hydrogens is 326 g/mol. The molecule has 2 aliphatic rings. The van der Waals surface area contributed by atoms with Gasteiger partial charge in [0.1, 0.15) is 5.54 Å². The lowest BCUT2D eigenvalue weighted by Gasteiger charge is -2.37. The first-order valence-electron chi connectivity index (χ1n) is 8.50. The van der Waals surface area contributed by atoms with E-state index in [2.05, 4.69) is 12.2 Å². The molecule has 0 bridgehead atoms.